The van der Waals surface area contributed by atoms with Crippen molar-refractivity contribution < 1.29 is 19.1 Å². The van der Waals surface area contributed by atoms with Gasteiger partial charge in [0.15, 0.2) is 0 Å². The molecule has 0 saturated carbocycles. The minimum atomic E-state index is -1.12. The summed E-state index contributed by atoms with van der Waals surface area (Å²) < 4.78 is 13.5. The molecule has 0 aliphatic heterocycles. The lowest BCUT2D eigenvalue weighted by Crippen LogP contribution is -2.30. The molecular weight excluding hydrogens is 319 g/mol. The molecule has 5 nitrogen and oxygen atoms in total. The third kappa shape index (κ3) is 3.99. The van der Waals surface area contributed by atoms with E-state index in [1.54, 1.807) is 0 Å². The third-order valence-electron chi connectivity index (χ3n) is 2.70. The van der Waals surface area contributed by atoms with E-state index < -0.39 is 23.7 Å². The van der Waals surface area contributed by atoms with E-state index in [-0.39, 0.29) is 17.1 Å². The standard InChI is InChI=1S/C13H10ClFN2O3S/c14-8-2-1-7(3-9(8)15)10(4-12(18)19)17-13(20)11-5-21-6-16-11/h1-3,5-6,10H,4H2,(H,17,20)(H,18,19)/t10-/m1/s1. The van der Waals surface area contributed by atoms with Gasteiger partial charge in [-0.05, 0) is 17.7 Å². The van der Waals surface area contributed by atoms with Crippen LogP contribution in [-0.4, -0.2) is 22.0 Å². The van der Waals surface area contributed by atoms with Crippen molar-refractivity contribution in [2.45, 2.75) is 12.5 Å². The van der Waals surface area contributed by atoms with E-state index in [4.69, 9.17) is 16.7 Å². The second kappa shape index (κ2) is 6.64. The molecule has 0 saturated heterocycles. The van der Waals surface area contributed by atoms with Crippen LogP contribution >= 0.6 is 22.9 Å². The monoisotopic (exact) mass is 328 g/mol. The molecule has 1 aromatic heterocycles. The second-order valence-corrected chi connectivity index (χ2v) is 5.30. The van der Waals surface area contributed by atoms with Gasteiger partial charge < -0.3 is 10.4 Å². The van der Waals surface area contributed by atoms with Crippen LogP contribution in [-0.2, 0) is 4.79 Å². The van der Waals surface area contributed by atoms with E-state index in [1.807, 2.05) is 0 Å². The van der Waals surface area contributed by atoms with Crippen molar-refractivity contribution in [1.29, 1.82) is 0 Å². The largest absolute Gasteiger partial charge is 0.481 e. The minimum Gasteiger partial charge on any atom is -0.481 e. The highest BCUT2D eigenvalue weighted by Crippen LogP contribution is 2.23. The third-order valence-corrected chi connectivity index (χ3v) is 3.59. The number of aliphatic carboxylic acids is 1. The number of benzene rings is 1. The summed E-state index contributed by atoms with van der Waals surface area (Å²) in [4.78, 5) is 26.7. The zero-order valence-electron chi connectivity index (χ0n) is 10.5. The van der Waals surface area contributed by atoms with Gasteiger partial charge in [-0.3, -0.25) is 9.59 Å². The van der Waals surface area contributed by atoms with E-state index >= 15 is 0 Å². The maximum atomic E-state index is 13.5. The van der Waals surface area contributed by atoms with Crippen molar-refractivity contribution >= 4 is 34.8 Å². The minimum absolute atomic E-state index is 0.0707. The van der Waals surface area contributed by atoms with E-state index in [0.29, 0.717) is 5.56 Å². The van der Waals surface area contributed by atoms with Crippen molar-refractivity contribution in [2.75, 3.05) is 0 Å². The molecule has 21 heavy (non-hydrogen) atoms. The molecule has 8 heteroatoms. The molecular formula is C13H10ClFN2O3S. The van der Waals surface area contributed by atoms with Crippen molar-refractivity contribution in [2.24, 2.45) is 0 Å². The summed E-state index contributed by atoms with van der Waals surface area (Å²) in [5.41, 5.74) is 2.00. The first-order valence-corrected chi connectivity index (χ1v) is 7.15. The molecule has 0 spiro atoms. The average Bonchev–Trinajstić information content (AvgIpc) is 2.94. The van der Waals surface area contributed by atoms with Crippen LogP contribution in [0.4, 0.5) is 4.39 Å². The second-order valence-electron chi connectivity index (χ2n) is 4.17. The molecule has 0 bridgehead atoms. The number of carboxylic acids is 1. The molecule has 1 heterocycles. The first-order chi connectivity index (χ1) is 9.97. The van der Waals surface area contributed by atoms with Crippen LogP contribution in [0.5, 0.6) is 0 Å². The SMILES string of the molecule is O=C(O)C[C@@H](NC(=O)c1cscn1)c1ccc(Cl)c(F)c1. The summed E-state index contributed by atoms with van der Waals surface area (Å²) >= 11 is 6.83. The fourth-order valence-electron chi connectivity index (χ4n) is 1.71. The molecule has 2 N–H and O–H groups in total. The summed E-state index contributed by atoms with van der Waals surface area (Å²) in [6.45, 7) is 0. The highest BCUT2D eigenvalue weighted by atomic mass is 35.5. The van der Waals surface area contributed by atoms with Gasteiger partial charge in [0.25, 0.3) is 5.91 Å². The topological polar surface area (TPSA) is 79.3 Å². The van der Waals surface area contributed by atoms with E-state index in [0.717, 1.165) is 6.07 Å². The Bertz CT molecular complexity index is 663. The fraction of sp³-hybridized carbons (Fsp3) is 0.154. The number of nitrogens with one attached hydrogen (secondary N) is 1. The zero-order chi connectivity index (χ0) is 15.4. The summed E-state index contributed by atoms with van der Waals surface area (Å²) in [6.07, 6.45) is -0.378. The van der Waals surface area contributed by atoms with Crippen LogP contribution in [0.25, 0.3) is 0 Å². The molecule has 2 rings (SSSR count). The number of carboxylic acid groups (broad SMARTS) is 1. The first kappa shape index (κ1) is 15.4. The van der Waals surface area contributed by atoms with Gasteiger partial charge in [-0.2, -0.15) is 0 Å². The maximum Gasteiger partial charge on any atom is 0.305 e. The summed E-state index contributed by atoms with van der Waals surface area (Å²) in [5.74, 6) is -2.31. The number of halogens is 2. The molecule has 1 atom stereocenters. The van der Waals surface area contributed by atoms with Crippen molar-refractivity contribution in [3.63, 3.8) is 0 Å². The van der Waals surface area contributed by atoms with Crippen LogP contribution < -0.4 is 5.32 Å². The van der Waals surface area contributed by atoms with Gasteiger partial charge in [-0.25, -0.2) is 9.37 Å². The molecule has 1 amide bonds. The number of thiazole rings is 1. The maximum absolute atomic E-state index is 13.5. The Morgan fingerprint density at radius 1 is 1.48 bits per heavy atom. The van der Waals surface area contributed by atoms with Crippen molar-refractivity contribution in [3.8, 4) is 0 Å². The van der Waals surface area contributed by atoms with Crippen LogP contribution in [0.1, 0.15) is 28.5 Å². The van der Waals surface area contributed by atoms with Crippen LogP contribution in [0.15, 0.2) is 29.1 Å². The molecule has 0 unspecified atom stereocenters. The van der Waals surface area contributed by atoms with Crippen LogP contribution in [0.3, 0.4) is 0 Å². The Balaban J connectivity index is 2.23. The smallest absolute Gasteiger partial charge is 0.305 e. The summed E-state index contributed by atoms with van der Waals surface area (Å²) in [7, 11) is 0. The predicted octanol–water partition coefficient (Wildman–Crippen LogP) is 2.88. The van der Waals surface area contributed by atoms with Crippen LogP contribution in [0, 0.1) is 5.82 Å². The number of rotatable bonds is 5. The number of aromatic nitrogens is 1. The Morgan fingerprint density at radius 2 is 2.24 bits per heavy atom. The molecule has 0 aliphatic rings. The van der Waals surface area contributed by atoms with Gasteiger partial charge in [0.05, 0.1) is 23.0 Å². The zero-order valence-corrected chi connectivity index (χ0v) is 12.1. The van der Waals surface area contributed by atoms with Gasteiger partial charge in [-0.1, -0.05) is 17.7 Å². The van der Waals surface area contributed by atoms with Gasteiger partial charge in [0.1, 0.15) is 11.5 Å². The quantitative estimate of drug-likeness (QED) is 0.884. The van der Waals surface area contributed by atoms with Gasteiger partial charge in [0, 0.05) is 5.38 Å². The molecule has 110 valence electrons. The molecule has 1 aromatic carbocycles. The number of hydrogen-bond acceptors (Lipinski definition) is 4. The van der Waals surface area contributed by atoms with Crippen molar-refractivity contribution in [3.05, 3.63) is 51.2 Å². The lowest BCUT2D eigenvalue weighted by Gasteiger charge is -2.17. The molecule has 0 fully saturated rings. The number of carbonyl (C=O) groups is 2. The number of nitrogens with zero attached hydrogens (tertiary/aromatic N) is 1. The van der Waals surface area contributed by atoms with Gasteiger partial charge in [-0.15, -0.1) is 11.3 Å². The fourth-order valence-corrected chi connectivity index (χ4v) is 2.36. The lowest BCUT2D eigenvalue weighted by molar-refractivity contribution is -0.137. The molecule has 0 aliphatic carbocycles. The number of amides is 1. The Kier molecular flexibility index (Phi) is 4.87. The Hall–Kier alpha value is -1.99. The van der Waals surface area contributed by atoms with E-state index in [1.165, 1.54) is 34.4 Å². The molecule has 2 aromatic rings. The van der Waals surface area contributed by atoms with Crippen molar-refractivity contribution in [1.82, 2.24) is 10.3 Å². The van der Waals surface area contributed by atoms with E-state index in [9.17, 15) is 14.0 Å². The highest BCUT2D eigenvalue weighted by Gasteiger charge is 2.20. The number of carbonyl (C=O) groups excluding carboxylic acids is 1. The average molecular weight is 329 g/mol. The summed E-state index contributed by atoms with van der Waals surface area (Å²) in [6, 6.07) is 3.02. The van der Waals surface area contributed by atoms with Crippen LogP contribution in [0.2, 0.25) is 5.02 Å². The Labute approximate surface area is 128 Å². The lowest BCUT2D eigenvalue weighted by atomic mass is 10.0. The number of hydrogen-bond donors (Lipinski definition) is 2. The Morgan fingerprint density at radius 3 is 2.81 bits per heavy atom. The summed E-state index contributed by atoms with van der Waals surface area (Å²) in [5, 5.41) is 12.9. The first-order valence-electron chi connectivity index (χ1n) is 5.83. The highest BCUT2D eigenvalue weighted by molar-refractivity contribution is 7.07. The molecule has 0 radical (unpaired) electrons. The van der Waals surface area contributed by atoms with E-state index in [2.05, 4.69) is 10.3 Å². The van der Waals surface area contributed by atoms with Gasteiger partial charge >= 0.3 is 5.97 Å². The normalized spacial score (nSPS) is 11.9. The van der Waals surface area contributed by atoms with Gasteiger partial charge in [0.2, 0.25) is 0 Å². The predicted molar refractivity (Wildman–Crippen MR) is 76.0 cm³/mol.